The van der Waals surface area contributed by atoms with Crippen LogP contribution in [0.3, 0.4) is 0 Å². The van der Waals surface area contributed by atoms with Gasteiger partial charge in [-0.05, 0) is 184 Å². The van der Waals surface area contributed by atoms with E-state index in [0.29, 0.717) is 21.0 Å². The quantitative estimate of drug-likeness (QED) is 0.0786. The number of rotatable bonds is 22. The summed E-state index contributed by atoms with van der Waals surface area (Å²) in [5.41, 5.74) is 2.20. The molecule has 5 nitrogen and oxygen atoms in total. The highest BCUT2D eigenvalue weighted by molar-refractivity contribution is 8.32. The Morgan fingerprint density at radius 3 is 1.24 bits per heavy atom. The van der Waals surface area contributed by atoms with Crippen molar-refractivity contribution < 1.29 is 22.6 Å². The molecule has 360 valence electrons. The van der Waals surface area contributed by atoms with E-state index >= 15 is 0 Å². The fraction of sp³-hybridized carbons (Fsp3) is 0.525. The Hall–Kier alpha value is -3.94. The highest BCUT2D eigenvalue weighted by Crippen LogP contribution is 2.72. The van der Waals surface area contributed by atoms with Crippen LogP contribution in [0.5, 0.6) is 34.5 Å². The topological polar surface area (TPSA) is 46.2 Å². The standard InChI is InChI=1S/C59H82O5S2/c1-9-22-54(23-10-2)65(55-24-16-13-17-25-55,58(5,6)61-50-34-30-46(11-3)31-35-50)64-53-44-40-49(41-45-53)60-48-38-42-51(43-39-48)62-59(7,8)66(56-26-18-14-19-27-56,57-28-20-15-21-29-57)63-52-36-32-47(12-4)33-37-52/h11-12,30-45,54-57H,3-4,9-10,13-29H2,1-2,5-8H3. The average Bonchev–Trinajstić information content (AvgIpc) is 3.34. The molecule has 0 N–H and O–H groups in total. The second-order valence-electron chi connectivity index (χ2n) is 20.0. The van der Waals surface area contributed by atoms with E-state index in [9.17, 15) is 0 Å². The molecule has 0 radical (unpaired) electrons. The Labute approximate surface area is 403 Å². The van der Waals surface area contributed by atoms with Crippen LogP contribution in [0.4, 0.5) is 0 Å². The van der Waals surface area contributed by atoms with E-state index in [-0.39, 0.29) is 0 Å². The molecule has 7 rings (SSSR count). The molecule has 0 aliphatic heterocycles. The minimum atomic E-state index is -1.85. The summed E-state index contributed by atoms with van der Waals surface area (Å²) in [6, 6.07) is 33.5. The molecular formula is C59H82O5S2. The lowest BCUT2D eigenvalue weighted by molar-refractivity contribution is 0.186. The van der Waals surface area contributed by atoms with Crippen LogP contribution in [-0.2, 0) is 0 Å². The van der Waals surface area contributed by atoms with Crippen LogP contribution in [0.1, 0.15) is 175 Å². The van der Waals surface area contributed by atoms with Gasteiger partial charge in [0.1, 0.15) is 34.5 Å². The minimum absolute atomic E-state index is 0.409. The van der Waals surface area contributed by atoms with E-state index in [1.807, 2.05) is 24.3 Å². The Balaban J connectivity index is 1.13. The van der Waals surface area contributed by atoms with Crippen LogP contribution in [0.15, 0.2) is 110 Å². The van der Waals surface area contributed by atoms with Crippen molar-refractivity contribution in [3.05, 3.63) is 121 Å². The summed E-state index contributed by atoms with van der Waals surface area (Å²) >= 11 is 0. The number of ether oxygens (including phenoxy) is 3. The average molecular weight is 935 g/mol. The molecule has 4 aromatic carbocycles. The van der Waals surface area contributed by atoms with Crippen molar-refractivity contribution in [3.8, 4) is 34.5 Å². The Morgan fingerprint density at radius 1 is 0.470 bits per heavy atom. The molecule has 4 aromatic rings. The van der Waals surface area contributed by atoms with Gasteiger partial charge in [-0.1, -0.05) is 134 Å². The van der Waals surface area contributed by atoms with Crippen LogP contribution in [0.2, 0.25) is 0 Å². The van der Waals surface area contributed by atoms with E-state index < -0.39 is 30.5 Å². The third-order valence-corrected chi connectivity index (χ3v) is 24.7. The van der Waals surface area contributed by atoms with Crippen LogP contribution < -0.4 is 22.6 Å². The number of benzene rings is 4. The van der Waals surface area contributed by atoms with E-state index in [0.717, 1.165) is 71.3 Å². The Bertz CT molecular complexity index is 2070. The predicted octanol–water partition coefficient (Wildman–Crippen LogP) is 18.6. The molecule has 3 aliphatic rings. The molecule has 0 aromatic heterocycles. The van der Waals surface area contributed by atoms with Crippen molar-refractivity contribution >= 4 is 32.8 Å². The second-order valence-corrected chi connectivity index (χ2v) is 27.6. The van der Waals surface area contributed by atoms with Gasteiger partial charge in [0, 0.05) is 21.0 Å². The van der Waals surface area contributed by atoms with Gasteiger partial charge in [0.25, 0.3) is 0 Å². The Morgan fingerprint density at radius 2 is 0.818 bits per heavy atom. The SMILES string of the molecule is C=Cc1ccc(OC(C)(C)S(Oc2ccc(Oc3ccc(OC(C)(C)S(Oc4ccc(C=C)cc4)(C4CCCCC4)C4CCCCC4)cc3)cc2)(C(CCC)CCC)C2CCCCC2)cc1. The lowest BCUT2D eigenvalue weighted by Crippen LogP contribution is -2.50. The van der Waals surface area contributed by atoms with Gasteiger partial charge in [-0.15, -0.1) is 0 Å². The van der Waals surface area contributed by atoms with E-state index in [4.69, 9.17) is 22.6 Å². The van der Waals surface area contributed by atoms with Crippen LogP contribution >= 0.6 is 20.6 Å². The Kier molecular flexibility index (Phi) is 17.3. The third-order valence-electron chi connectivity index (χ3n) is 14.7. The summed E-state index contributed by atoms with van der Waals surface area (Å²) in [7, 11) is -3.63. The smallest absolute Gasteiger partial charge is 0.163 e. The normalized spacial score (nSPS) is 18.7. The molecule has 0 bridgehead atoms. The van der Waals surface area contributed by atoms with Gasteiger partial charge in [0.15, 0.2) is 9.87 Å². The van der Waals surface area contributed by atoms with Crippen molar-refractivity contribution in [2.24, 2.45) is 0 Å². The first kappa shape index (κ1) is 50.0. The van der Waals surface area contributed by atoms with Gasteiger partial charge in [-0.25, -0.2) is 0 Å². The first-order valence-electron chi connectivity index (χ1n) is 25.7. The number of hydrogen-bond donors (Lipinski definition) is 0. The zero-order chi connectivity index (χ0) is 46.6. The fourth-order valence-electron chi connectivity index (χ4n) is 11.6. The lowest BCUT2D eigenvalue weighted by atomic mass is 10.00. The summed E-state index contributed by atoms with van der Waals surface area (Å²) in [5.74, 6) is 5.14. The van der Waals surface area contributed by atoms with Gasteiger partial charge >= 0.3 is 0 Å². The maximum Gasteiger partial charge on any atom is 0.163 e. The molecule has 3 saturated carbocycles. The van der Waals surface area contributed by atoms with Crippen molar-refractivity contribution in [2.45, 2.75) is 194 Å². The van der Waals surface area contributed by atoms with Crippen LogP contribution in [-0.4, -0.2) is 30.9 Å². The minimum Gasteiger partial charge on any atom is -0.476 e. The van der Waals surface area contributed by atoms with Gasteiger partial charge in [0.05, 0.1) is 0 Å². The van der Waals surface area contributed by atoms with Gasteiger partial charge in [-0.2, -0.15) is 0 Å². The maximum absolute atomic E-state index is 7.68. The summed E-state index contributed by atoms with van der Waals surface area (Å²) in [5, 5.41) is 1.84. The van der Waals surface area contributed by atoms with Crippen LogP contribution in [0, 0.1) is 0 Å². The zero-order valence-corrected chi connectivity index (χ0v) is 43.0. The molecule has 7 heteroatoms. The molecular weight excluding hydrogens is 853 g/mol. The molecule has 1 unspecified atom stereocenters. The van der Waals surface area contributed by atoms with Gasteiger partial charge in [0.2, 0.25) is 0 Å². The predicted molar refractivity (Wildman–Crippen MR) is 286 cm³/mol. The lowest BCUT2D eigenvalue weighted by Gasteiger charge is -2.60. The summed E-state index contributed by atoms with van der Waals surface area (Å²) in [4.78, 5) is -1.06. The first-order valence-corrected chi connectivity index (χ1v) is 29.0. The molecule has 1 atom stereocenters. The van der Waals surface area contributed by atoms with Crippen LogP contribution in [0.25, 0.3) is 12.2 Å². The molecule has 3 fully saturated rings. The van der Waals surface area contributed by atoms with Crippen molar-refractivity contribution in [1.29, 1.82) is 0 Å². The summed E-state index contributed by atoms with van der Waals surface area (Å²) in [6.07, 6.45) is 26.9. The maximum atomic E-state index is 7.68. The van der Waals surface area contributed by atoms with Crippen molar-refractivity contribution in [3.63, 3.8) is 0 Å². The summed E-state index contributed by atoms with van der Waals surface area (Å²) in [6.45, 7) is 21.9. The highest BCUT2D eigenvalue weighted by atomic mass is 32.3. The molecule has 66 heavy (non-hydrogen) atoms. The fourth-order valence-corrected chi connectivity index (χ4v) is 22.5. The van der Waals surface area contributed by atoms with E-state index in [1.165, 1.54) is 96.3 Å². The molecule has 0 amide bonds. The second kappa shape index (κ2) is 22.9. The van der Waals surface area contributed by atoms with E-state index in [1.54, 1.807) is 0 Å². The molecule has 0 saturated heterocycles. The monoisotopic (exact) mass is 935 g/mol. The van der Waals surface area contributed by atoms with E-state index in [2.05, 4.69) is 140 Å². The van der Waals surface area contributed by atoms with Gasteiger partial charge < -0.3 is 22.6 Å². The molecule has 0 heterocycles. The largest absolute Gasteiger partial charge is 0.476 e. The van der Waals surface area contributed by atoms with Crippen molar-refractivity contribution in [2.75, 3.05) is 0 Å². The first-order chi connectivity index (χ1) is 32.0. The zero-order valence-electron chi connectivity index (χ0n) is 41.4. The molecule has 3 aliphatic carbocycles. The molecule has 0 spiro atoms. The van der Waals surface area contributed by atoms with Gasteiger partial charge in [-0.3, -0.25) is 0 Å². The highest BCUT2D eigenvalue weighted by Gasteiger charge is 2.56. The summed E-state index contributed by atoms with van der Waals surface area (Å²) < 4.78 is 36.2. The number of hydrogen-bond acceptors (Lipinski definition) is 5. The third kappa shape index (κ3) is 11.3. The van der Waals surface area contributed by atoms with Crippen molar-refractivity contribution in [1.82, 2.24) is 0 Å².